The van der Waals surface area contributed by atoms with Gasteiger partial charge in [0.05, 0.1) is 6.67 Å². The fourth-order valence-corrected chi connectivity index (χ4v) is 3.15. The maximum Gasteiger partial charge on any atom is 0.217 e. The lowest BCUT2D eigenvalue weighted by molar-refractivity contribution is -0.118. The van der Waals surface area contributed by atoms with Crippen LogP contribution < -0.4 is 5.73 Å². The van der Waals surface area contributed by atoms with Gasteiger partial charge in [-0.15, -0.1) is 0 Å². The number of hydrogen-bond donors (Lipinski definition) is 1. The molecule has 1 aliphatic rings. The standard InChI is InChI=1S/C16H21N5OS/c1-19-15(7-6-14(17)22)18-21(16(19)23)11-20-9-8-12-4-2-3-5-13(12)10-20/h2-5H,6-11H2,1H3,(H2,17,22). The lowest BCUT2D eigenvalue weighted by Crippen LogP contribution is -2.32. The van der Waals surface area contributed by atoms with Crippen molar-refractivity contribution in [2.24, 2.45) is 12.8 Å². The van der Waals surface area contributed by atoms with Gasteiger partial charge in [-0.2, -0.15) is 5.10 Å². The van der Waals surface area contributed by atoms with Gasteiger partial charge >= 0.3 is 0 Å². The molecule has 23 heavy (non-hydrogen) atoms. The highest BCUT2D eigenvalue weighted by Gasteiger charge is 2.17. The van der Waals surface area contributed by atoms with Gasteiger partial charge in [0, 0.05) is 33.0 Å². The molecule has 0 saturated heterocycles. The third kappa shape index (κ3) is 3.51. The van der Waals surface area contributed by atoms with E-state index in [1.165, 1.54) is 11.1 Å². The summed E-state index contributed by atoms with van der Waals surface area (Å²) in [6, 6.07) is 8.55. The number of carbonyl (C=O) groups excluding carboxylic acids is 1. The number of amides is 1. The van der Waals surface area contributed by atoms with Crippen molar-refractivity contribution in [3.63, 3.8) is 0 Å². The van der Waals surface area contributed by atoms with Gasteiger partial charge in [-0.3, -0.25) is 9.69 Å². The fourth-order valence-electron chi connectivity index (χ4n) is 2.94. The Hall–Kier alpha value is -1.99. The van der Waals surface area contributed by atoms with Crippen LogP contribution in [0.25, 0.3) is 0 Å². The lowest BCUT2D eigenvalue weighted by Gasteiger charge is -2.28. The minimum atomic E-state index is -0.321. The van der Waals surface area contributed by atoms with E-state index in [9.17, 15) is 4.79 Å². The first-order valence-electron chi connectivity index (χ1n) is 7.75. The number of hydrogen-bond acceptors (Lipinski definition) is 4. The van der Waals surface area contributed by atoms with E-state index in [1.54, 1.807) is 0 Å². The van der Waals surface area contributed by atoms with Crippen LogP contribution in [0.15, 0.2) is 24.3 Å². The predicted molar refractivity (Wildman–Crippen MR) is 90.1 cm³/mol. The average molecular weight is 331 g/mol. The third-order valence-corrected chi connectivity index (χ3v) is 4.75. The van der Waals surface area contributed by atoms with E-state index in [4.69, 9.17) is 18.0 Å². The van der Waals surface area contributed by atoms with Crippen LogP contribution in [0.5, 0.6) is 0 Å². The van der Waals surface area contributed by atoms with Crippen LogP contribution in [-0.2, 0) is 37.9 Å². The Balaban J connectivity index is 1.73. The van der Waals surface area contributed by atoms with Crippen molar-refractivity contribution in [2.75, 3.05) is 6.54 Å². The first-order valence-corrected chi connectivity index (χ1v) is 8.15. The second-order valence-electron chi connectivity index (χ2n) is 5.94. The molecular weight excluding hydrogens is 310 g/mol. The number of aryl methyl sites for hydroxylation is 1. The topological polar surface area (TPSA) is 69.1 Å². The van der Waals surface area contributed by atoms with Crippen molar-refractivity contribution >= 4 is 18.1 Å². The van der Waals surface area contributed by atoms with Crippen LogP contribution in [0.4, 0.5) is 0 Å². The molecule has 1 aromatic carbocycles. The number of rotatable bonds is 5. The van der Waals surface area contributed by atoms with E-state index < -0.39 is 0 Å². The number of carbonyl (C=O) groups is 1. The molecule has 0 bridgehead atoms. The minimum absolute atomic E-state index is 0.288. The van der Waals surface area contributed by atoms with Crippen LogP contribution in [0.1, 0.15) is 23.4 Å². The fraction of sp³-hybridized carbons (Fsp3) is 0.438. The zero-order chi connectivity index (χ0) is 16.4. The van der Waals surface area contributed by atoms with Crippen molar-refractivity contribution in [3.8, 4) is 0 Å². The third-order valence-electron chi connectivity index (χ3n) is 4.27. The molecule has 2 N–H and O–H groups in total. The maximum absolute atomic E-state index is 11.0. The summed E-state index contributed by atoms with van der Waals surface area (Å²) in [5.74, 6) is 0.476. The Labute approximate surface area is 140 Å². The van der Waals surface area contributed by atoms with Gasteiger partial charge in [0.2, 0.25) is 5.91 Å². The summed E-state index contributed by atoms with van der Waals surface area (Å²) in [5.41, 5.74) is 8.01. The molecule has 0 saturated carbocycles. The molecule has 0 radical (unpaired) electrons. The van der Waals surface area contributed by atoms with Crippen molar-refractivity contribution < 1.29 is 4.79 Å². The molecule has 3 rings (SSSR count). The highest BCUT2D eigenvalue weighted by molar-refractivity contribution is 7.71. The number of fused-ring (bicyclic) bond motifs is 1. The number of nitrogens with two attached hydrogens (primary N) is 1. The second kappa shape index (κ2) is 6.64. The van der Waals surface area contributed by atoms with E-state index >= 15 is 0 Å². The summed E-state index contributed by atoms with van der Waals surface area (Å²) in [4.78, 5) is 13.3. The number of benzene rings is 1. The van der Waals surface area contributed by atoms with Gasteiger partial charge in [-0.05, 0) is 29.8 Å². The Morgan fingerprint density at radius 3 is 2.83 bits per heavy atom. The molecule has 2 heterocycles. The van der Waals surface area contributed by atoms with E-state index in [2.05, 4.69) is 34.3 Å². The van der Waals surface area contributed by atoms with E-state index in [-0.39, 0.29) is 12.3 Å². The summed E-state index contributed by atoms with van der Waals surface area (Å²) in [6.45, 7) is 2.56. The summed E-state index contributed by atoms with van der Waals surface area (Å²) in [7, 11) is 1.88. The molecule has 0 atom stereocenters. The Morgan fingerprint density at radius 1 is 1.35 bits per heavy atom. The molecule has 6 nitrogen and oxygen atoms in total. The smallest absolute Gasteiger partial charge is 0.217 e. The second-order valence-corrected chi connectivity index (χ2v) is 6.30. The molecule has 0 unspecified atom stereocenters. The maximum atomic E-state index is 11.0. The van der Waals surface area contributed by atoms with E-state index in [0.29, 0.717) is 17.9 Å². The summed E-state index contributed by atoms with van der Waals surface area (Å²) < 4.78 is 4.36. The number of aromatic nitrogens is 3. The lowest BCUT2D eigenvalue weighted by atomic mass is 10.0. The Kier molecular flexibility index (Phi) is 4.58. The van der Waals surface area contributed by atoms with Crippen molar-refractivity contribution in [3.05, 3.63) is 46.0 Å². The summed E-state index contributed by atoms with van der Waals surface area (Å²) in [5, 5.41) is 4.56. The SMILES string of the molecule is Cn1c(CCC(N)=O)nn(CN2CCc3ccccc3C2)c1=S. The monoisotopic (exact) mass is 331 g/mol. The molecule has 2 aromatic rings. The zero-order valence-electron chi connectivity index (χ0n) is 13.2. The predicted octanol–water partition coefficient (Wildman–Crippen LogP) is 1.38. The minimum Gasteiger partial charge on any atom is -0.370 e. The Bertz CT molecular complexity index is 779. The number of nitrogens with zero attached hydrogens (tertiary/aromatic N) is 4. The van der Waals surface area contributed by atoms with Gasteiger partial charge in [0.25, 0.3) is 0 Å². The van der Waals surface area contributed by atoms with Crippen LogP contribution >= 0.6 is 12.2 Å². The normalized spacial score (nSPS) is 14.7. The van der Waals surface area contributed by atoms with Crippen molar-refractivity contribution in [1.29, 1.82) is 0 Å². The molecule has 0 fully saturated rings. The van der Waals surface area contributed by atoms with Gasteiger partial charge in [-0.1, -0.05) is 24.3 Å². The first-order chi connectivity index (χ1) is 11.0. The molecule has 7 heteroatoms. The zero-order valence-corrected chi connectivity index (χ0v) is 14.1. The average Bonchev–Trinajstić information content (AvgIpc) is 2.81. The van der Waals surface area contributed by atoms with E-state index in [0.717, 1.165) is 25.3 Å². The summed E-state index contributed by atoms with van der Waals surface area (Å²) in [6.07, 6.45) is 1.85. The molecule has 0 aliphatic carbocycles. The van der Waals surface area contributed by atoms with Crippen molar-refractivity contribution in [2.45, 2.75) is 32.5 Å². The molecule has 0 spiro atoms. The molecule has 1 aromatic heterocycles. The number of primary amides is 1. The largest absolute Gasteiger partial charge is 0.370 e. The van der Waals surface area contributed by atoms with Gasteiger partial charge in [0.1, 0.15) is 5.82 Å². The van der Waals surface area contributed by atoms with Crippen LogP contribution in [0, 0.1) is 4.77 Å². The Morgan fingerprint density at radius 2 is 2.09 bits per heavy atom. The molecule has 1 aliphatic heterocycles. The molecule has 1 amide bonds. The van der Waals surface area contributed by atoms with Crippen LogP contribution in [-0.4, -0.2) is 31.7 Å². The first kappa shape index (κ1) is 15.9. The van der Waals surface area contributed by atoms with Crippen LogP contribution in [0.2, 0.25) is 0 Å². The quantitative estimate of drug-likeness (QED) is 0.841. The molecular formula is C16H21N5OS. The van der Waals surface area contributed by atoms with Gasteiger partial charge in [0.15, 0.2) is 4.77 Å². The van der Waals surface area contributed by atoms with Gasteiger partial charge in [-0.25, -0.2) is 4.68 Å². The highest BCUT2D eigenvalue weighted by atomic mass is 32.1. The highest BCUT2D eigenvalue weighted by Crippen LogP contribution is 2.19. The van der Waals surface area contributed by atoms with Gasteiger partial charge < -0.3 is 10.3 Å². The van der Waals surface area contributed by atoms with Crippen molar-refractivity contribution in [1.82, 2.24) is 19.2 Å². The van der Waals surface area contributed by atoms with E-state index in [1.807, 2.05) is 16.3 Å². The molecule has 122 valence electrons. The van der Waals surface area contributed by atoms with Crippen LogP contribution in [0.3, 0.4) is 0 Å². The summed E-state index contributed by atoms with van der Waals surface area (Å²) >= 11 is 5.46.